The molecule has 0 aliphatic heterocycles. The Kier molecular flexibility index (Phi) is 12.5. The molecule has 0 aliphatic rings. The maximum atomic E-state index is 11.3. The first-order valence-corrected chi connectivity index (χ1v) is 6.66. The van der Waals surface area contributed by atoms with Crippen molar-refractivity contribution in [3.05, 3.63) is 12.2 Å². The molecule has 0 aliphatic carbocycles. The number of hydrogen-bond acceptors (Lipinski definition) is 3. The molecular formula is C13H27N3O. The first-order valence-electron chi connectivity index (χ1n) is 6.66. The van der Waals surface area contributed by atoms with E-state index in [-0.39, 0.29) is 5.91 Å². The van der Waals surface area contributed by atoms with Crippen LogP contribution in [0.5, 0.6) is 0 Å². The predicted octanol–water partition coefficient (Wildman–Crippen LogP) is 1.18. The molecular weight excluding hydrogens is 214 g/mol. The summed E-state index contributed by atoms with van der Waals surface area (Å²) >= 11 is 0. The van der Waals surface area contributed by atoms with E-state index in [9.17, 15) is 4.79 Å². The molecule has 0 unspecified atom stereocenters. The van der Waals surface area contributed by atoms with Crippen LogP contribution in [0.25, 0.3) is 0 Å². The van der Waals surface area contributed by atoms with E-state index < -0.39 is 0 Å². The smallest absolute Gasteiger partial charge is 0.243 e. The van der Waals surface area contributed by atoms with Crippen LogP contribution in [0.3, 0.4) is 0 Å². The van der Waals surface area contributed by atoms with Crippen LogP contribution >= 0.6 is 0 Å². The third kappa shape index (κ3) is 13.1. The van der Waals surface area contributed by atoms with Gasteiger partial charge in [0.2, 0.25) is 5.91 Å². The van der Waals surface area contributed by atoms with Gasteiger partial charge in [0.1, 0.15) is 0 Å². The molecule has 0 aromatic carbocycles. The highest BCUT2D eigenvalue weighted by Crippen LogP contribution is 2.02. The van der Waals surface area contributed by atoms with Gasteiger partial charge in [-0.3, -0.25) is 4.79 Å². The molecule has 17 heavy (non-hydrogen) atoms. The molecule has 0 saturated heterocycles. The van der Waals surface area contributed by atoms with Gasteiger partial charge in [-0.25, -0.2) is 0 Å². The van der Waals surface area contributed by atoms with Crippen molar-refractivity contribution < 1.29 is 4.79 Å². The van der Waals surface area contributed by atoms with Crippen molar-refractivity contribution in [1.29, 1.82) is 0 Å². The predicted molar refractivity (Wildman–Crippen MR) is 72.8 cm³/mol. The van der Waals surface area contributed by atoms with Crippen molar-refractivity contribution in [2.75, 3.05) is 26.2 Å². The Bertz CT molecular complexity index is 205. The van der Waals surface area contributed by atoms with Gasteiger partial charge in [0.15, 0.2) is 0 Å². The number of carbonyl (C=O) groups excluding carboxylic acids is 1. The fourth-order valence-electron chi connectivity index (χ4n) is 1.44. The van der Waals surface area contributed by atoms with E-state index >= 15 is 0 Å². The Hall–Kier alpha value is -0.870. The summed E-state index contributed by atoms with van der Waals surface area (Å²) < 4.78 is 0. The van der Waals surface area contributed by atoms with Gasteiger partial charge in [0.25, 0.3) is 0 Å². The molecule has 0 atom stereocenters. The molecule has 4 nitrogen and oxygen atoms in total. The Morgan fingerprint density at radius 1 is 1.18 bits per heavy atom. The van der Waals surface area contributed by atoms with Crippen LogP contribution in [-0.2, 0) is 4.79 Å². The highest BCUT2D eigenvalue weighted by molar-refractivity contribution is 5.87. The average Bonchev–Trinajstić information content (AvgIpc) is 2.33. The second-order valence-corrected chi connectivity index (χ2v) is 4.08. The molecule has 0 fully saturated rings. The molecule has 0 aromatic heterocycles. The van der Waals surface area contributed by atoms with Crippen LogP contribution in [0.1, 0.15) is 39.0 Å². The van der Waals surface area contributed by atoms with Crippen LogP contribution in [0, 0.1) is 0 Å². The summed E-state index contributed by atoms with van der Waals surface area (Å²) in [6, 6.07) is 0. The number of nitrogens with one attached hydrogen (secondary N) is 2. The van der Waals surface area contributed by atoms with Crippen molar-refractivity contribution in [3.63, 3.8) is 0 Å². The summed E-state index contributed by atoms with van der Waals surface area (Å²) in [5, 5.41) is 5.93. The Balaban J connectivity index is 3.29. The van der Waals surface area contributed by atoms with Crippen LogP contribution < -0.4 is 16.4 Å². The molecule has 0 rings (SSSR count). The number of amides is 1. The van der Waals surface area contributed by atoms with Crippen molar-refractivity contribution in [2.45, 2.75) is 39.0 Å². The first-order chi connectivity index (χ1) is 8.31. The second kappa shape index (κ2) is 13.2. The van der Waals surface area contributed by atoms with Gasteiger partial charge in [-0.15, -0.1) is 0 Å². The van der Waals surface area contributed by atoms with Crippen LogP contribution in [-0.4, -0.2) is 32.1 Å². The Morgan fingerprint density at radius 2 is 2.00 bits per heavy atom. The average molecular weight is 241 g/mol. The van der Waals surface area contributed by atoms with E-state index in [2.05, 4.69) is 17.6 Å². The van der Waals surface area contributed by atoms with E-state index in [0.29, 0.717) is 13.1 Å². The van der Waals surface area contributed by atoms with Crippen molar-refractivity contribution in [2.24, 2.45) is 5.73 Å². The van der Waals surface area contributed by atoms with Crippen molar-refractivity contribution in [3.8, 4) is 0 Å². The lowest BCUT2D eigenvalue weighted by atomic mass is 10.1. The van der Waals surface area contributed by atoms with Crippen molar-refractivity contribution >= 4 is 5.91 Å². The molecule has 4 N–H and O–H groups in total. The van der Waals surface area contributed by atoms with Crippen molar-refractivity contribution in [1.82, 2.24) is 10.6 Å². The third-order valence-electron chi connectivity index (χ3n) is 2.42. The lowest BCUT2D eigenvalue weighted by molar-refractivity contribution is -0.116. The van der Waals surface area contributed by atoms with Gasteiger partial charge in [-0.2, -0.15) is 0 Å². The second-order valence-electron chi connectivity index (χ2n) is 4.08. The van der Waals surface area contributed by atoms with E-state index in [4.69, 9.17) is 5.73 Å². The lowest BCUT2D eigenvalue weighted by Gasteiger charge is -2.03. The summed E-state index contributed by atoms with van der Waals surface area (Å²) in [6.45, 7) is 5.04. The van der Waals surface area contributed by atoms with Gasteiger partial charge in [0.05, 0.1) is 0 Å². The summed E-state index contributed by atoms with van der Waals surface area (Å²) in [4.78, 5) is 11.3. The van der Waals surface area contributed by atoms with Gasteiger partial charge < -0.3 is 16.4 Å². The van der Waals surface area contributed by atoms with E-state index in [1.54, 1.807) is 6.08 Å². The maximum absolute atomic E-state index is 11.3. The molecule has 0 bridgehead atoms. The highest BCUT2D eigenvalue weighted by Gasteiger charge is 1.93. The Labute approximate surface area is 105 Å². The van der Waals surface area contributed by atoms with Gasteiger partial charge in [0, 0.05) is 26.2 Å². The molecule has 0 saturated carbocycles. The summed E-state index contributed by atoms with van der Waals surface area (Å²) in [5.74, 6) is -0.00459. The van der Waals surface area contributed by atoms with Gasteiger partial charge >= 0.3 is 0 Å². The van der Waals surface area contributed by atoms with Crippen LogP contribution in [0.15, 0.2) is 12.2 Å². The Morgan fingerprint density at radius 3 is 2.71 bits per heavy atom. The normalized spacial score (nSPS) is 10.9. The number of rotatable bonds is 11. The minimum absolute atomic E-state index is 0.00459. The molecule has 1 amide bonds. The largest absolute Gasteiger partial charge is 0.351 e. The molecule has 0 aromatic rings. The van der Waals surface area contributed by atoms with E-state index in [1.165, 1.54) is 25.7 Å². The number of carbonyl (C=O) groups is 1. The number of nitrogens with two attached hydrogens (primary N) is 1. The topological polar surface area (TPSA) is 67.2 Å². The summed E-state index contributed by atoms with van der Waals surface area (Å²) in [5.41, 5.74) is 5.33. The summed E-state index contributed by atoms with van der Waals surface area (Å²) in [6.07, 6.45) is 9.56. The van der Waals surface area contributed by atoms with Crippen LogP contribution in [0.4, 0.5) is 0 Å². The maximum Gasteiger partial charge on any atom is 0.243 e. The number of unbranched alkanes of at least 4 members (excludes halogenated alkanes) is 4. The molecule has 100 valence electrons. The zero-order valence-corrected chi connectivity index (χ0v) is 11.0. The standard InChI is InChI=1S/C13H27N3O/c1-2-3-4-5-6-7-8-13(17)16-12-11-15-10-9-14/h7-8,15H,2-6,9-12,14H2,1H3,(H,16,17)/b8-7+. The lowest BCUT2D eigenvalue weighted by Crippen LogP contribution is -2.33. The fourth-order valence-corrected chi connectivity index (χ4v) is 1.44. The van der Waals surface area contributed by atoms with Gasteiger partial charge in [-0.05, 0) is 18.9 Å². The van der Waals surface area contributed by atoms with E-state index in [0.717, 1.165) is 19.5 Å². The molecule has 0 radical (unpaired) electrons. The minimum atomic E-state index is -0.00459. The van der Waals surface area contributed by atoms with E-state index in [1.807, 2.05) is 6.08 Å². The first kappa shape index (κ1) is 16.1. The zero-order chi connectivity index (χ0) is 12.8. The fraction of sp³-hybridized carbons (Fsp3) is 0.769. The molecule has 0 spiro atoms. The monoisotopic (exact) mass is 241 g/mol. The number of hydrogen-bond donors (Lipinski definition) is 3. The quantitative estimate of drug-likeness (QED) is 0.376. The zero-order valence-electron chi connectivity index (χ0n) is 11.0. The molecule has 0 heterocycles. The van der Waals surface area contributed by atoms with Gasteiger partial charge in [-0.1, -0.05) is 32.3 Å². The SMILES string of the molecule is CCCCCC/C=C/C(=O)NCCNCCN. The molecule has 4 heteroatoms. The van der Waals surface area contributed by atoms with Crippen LogP contribution in [0.2, 0.25) is 0 Å². The third-order valence-corrected chi connectivity index (χ3v) is 2.42. The number of allylic oxidation sites excluding steroid dienone is 1. The highest BCUT2D eigenvalue weighted by atomic mass is 16.1. The summed E-state index contributed by atoms with van der Waals surface area (Å²) in [7, 11) is 0. The minimum Gasteiger partial charge on any atom is -0.351 e.